The molecular weight excluding hydrogens is 280 g/mol. The Morgan fingerprint density at radius 2 is 1.95 bits per heavy atom. The van der Waals surface area contributed by atoms with E-state index in [1.807, 2.05) is 6.07 Å². The zero-order chi connectivity index (χ0) is 14.2. The van der Waals surface area contributed by atoms with Crippen LogP contribution in [-0.4, -0.2) is 12.3 Å². The Morgan fingerprint density at radius 3 is 2.70 bits per heavy atom. The molecule has 2 rings (SSSR count). The van der Waals surface area contributed by atoms with Crippen molar-refractivity contribution in [1.82, 2.24) is 5.32 Å². The Balaban J connectivity index is 1.59. The van der Waals surface area contributed by atoms with Crippen LogP contribution in [0.15, 0.2) is 16.5 Å². The third-order valence-corrected chi connectivity index (χ3v) is 4.53. The molecule has 1 aliphatic rings. The van der Waals surface area contributed by atoms with Gasteiger partial charge in [0.25, 0.3) is 5.76 Å². The molecule has 1 saturated carbocycles. The van der Waals surface area contributed by atoms with Gasteiger partial charge in [0.2, 0.25) is 0 Å². The molecule has 0 bridgehead atoms. The van der Waals surface area contributed by atoms with Crippen LogP contribution in [0.1, 0.15) is 50.0 Å². The lowest BCUT2D eigenvalue weighted by Gasteiger charge is -2.21. The van der Waals surface area contributed by atoms with Crippen LogP contribution in [0.3, 0.4) is 0 Å². The van der Waals surface area contributed by atoms with E-state index in [0.29, 0.717) is 24.1 Å². The van der Waals surface area contributed by atoms with Crippen molar-refractivity contribution in [3.05, 3.63) is 23.7 Å². The van der Waals surface area contributed by atoms with E-state index in [1.165, 1.54) is 38.5 Å². The first-order chi connectivity index (χ1) is 9.74. The summed E-state index contributed by atoms with van der Waals surface area (Å²) < 4.78 is 29.6. The van der Waals surface area contributed by atoms with E-state index in [9.17, 15) is 8.78 Å². The Kier molecular flexibility index (Phi) is 6.87. The molecular formula is C15H23F2NOS. The number of hydrogen-bond acceptors (Lipinski definition) is 3. The third-order valence-electron chi connectivity index (χ3n) is 3.82. The standard InChI is InChI=1S/C15H23F2NOS/c16-15(17)20-11-14-7-6-13(19-14)10-18-9-8-12-4-2-1-3-5-12/h6-7,12,15,18H,1-5,8-11H2. The van der Waals surface area contributed by atoms with Gasteiger partial charge < -0.3 is 9.73 Å². The van der Waals surface area contributed by atoms with Gasteiger partial charge in [-0.25, -0.2) is 0 Å². The van der Waals surface area contributed by atoms with Crippen molar-refractivity contribution in [2.24, 2.45) is 5.92 Å². The maximum Gasteiger partial charge on any atom is 0.284 e. The van der Waals surface area contributed by atoms with E-state index in [2.05, 4.69) is 5.32 Å². The smallest absolute Gasteiger partial charge is 0.284 e. The van der Waals surface area contributed by atoms with E-state index in [4.69, 9.17) is 4.42 Å². The Morgan fingerprint density at radius 1 is 1.20 bits per heavy atom. The second kappa shape index (κ2) is 8.67. The second-order valence-electron chi connectivity index (χ2n) is 5.41. The van der Waals surface area contributed by atoms with Crippen LogP contribution in [-0.2, 0) is 12.3 Å². The first-order valence-electron chi connectivity index (χ1n) is 7.42. The molecule has 1 aromatic rings. The van der Waals surface area contributed by atoms with Crippen molar-refractivity contribution in [2.45, 2.75) is 56.6 Å². The van der Waals surface area contributed by atoms with Crippen LogP contribution >= 0.6 is 11.8 Å². The quantitative estimate of drug-likeness (QED) is 0.699. The minimum absolute atomic E-state index is 0.236. The minimum Gasteiger partial charge on any atom is -0.464 e. The first kappa shape index (κ1) is 15.8. The van der Waals surface area contributed by atoms with Gasteiger partial charge in [-0.05, 0) is 31.0 Å². The molecule has 1 aliphatic carbocycles. The van der Waals surface area contributed by atoms with E-state index in [-0.39, 0.29) is 5.75 Å². The zero-order valence-electron chi connectivity index (χ0n) is 11.7. The molecule has 20 heavy (non-hydrogen) atoms. The van der Waals surface area contributed by atoms with Crippen LogP contribution in [0.4, 0.5) is 8.78 Å². The van der Waals surface area contributed by atoms with Gasteiger partial charge in [-0.1, -0.05) is 43.9 Å². The summed E-state index contributed by atoms with van der Waals surface area (Å²) in [5, 5.41) is 3.38. The van der Waals surface area contributed by atoms with Crippen LogP contribution in [0.25, 0.3) is 0 Å². The van der Waals surface area contributed by atoms with E-state index in [0.717, 1.165) is 18.2 Å². The highest BCUT2D eigenvalue weighted by molar-refractivity contribution is 7.98. The van der Waals surface area contributed by atoms with Gasteiger partial charge >= 0.3 is 0 Å². The SMILES string of the molecule is FC(F)SCc1ccc(CNCCC2CCCCC2)o1. The average molecular weight is 303 g/mol. The third kappa shape index (κ3) is 5.83. The largest absolute Gasteiger partial charge is 0.464 e. The number of hydrogen-bond donors (Lipinski definition) is 1. The topological polar surface area (TPSA) is 25.2 Å². The van der Waals surface area contributed by atoms with Crippen molar-refractivity contribution in [2.75, 3.05) is 6.54 Å². The summed E-state index contributed by atoms with van der Waals surface area (Å²) in [7, 11) is 0. The van der Waals surface area contributed by atoms with Crippen molar-refractivity contribution < 1.29 is 13.2 Å². The summed E-state index contributed by atoms with van der Waals surface area (Å²) in [5.74, 6) is 0.237. The molecule has 1 heterocycles. The maximum absolute atomic E-state index is 12.1. The molecule has 1 N–H and O–H groups in total. The van der Waals surface area contributed by atoms with Crippen LogP contribution in [0.5, 0.6) is 0 Å². The summed E-state index contributed by atoms with van der Waals surface area (Å²) in [5.41, 5.74) is 0. The molecule has 1 aromatic heterocycles. The number of alkyl halides is 2. The Bertz CT molecular complexity index is 378. The molecule has 0 saturated heterocycles. The van der Waals surface area contributed by atoms with Gasteiger partial charge in [-0.2, -0.15) is 8.78 Å². The predicted molar refractivity (Wildman–Crippen MR) is 78.9 cm³/mol. The van der Waals surface area contributed by atoms with Crippen molar-refractivity contribution in [3.8, 4) is 0 Å². The molecule has 0 unspecified atom stereocenters. The number of halogens is 2. The van der Waals surface area contributed by atoms with Gasteiger partial charge in [0, 0.05) is 0 Å². The normalized spacial score (nSPS) is 16.9. The van der Waals surface area contributed by atoms with Gasteiger partial charge in [0.1, 0.15) is 11.5 Å². The highest BCUT2D eigenvalue weighted by Gasteiger charge is 2.12. The summed E-state index contributed by atoms with van der Waals surface area (Å²) in [6.07, 6.45) is 8.14. The van der Waals surface area contributed by atoms with Crippen LogP contribution in [0.2, 0.25) is 0 Å². The molecule has 5 heteroatoms. The molecule has 114 valence electrons. The number of nitrogens with one attached hydrogen (secondary N) is 1. The van der Waals surface area contributed by atoms with E-state index < -0.39 is 5.76 Å². The number of furan rings is 1. The molecule has 0 radical (unpaired) electrons. The molecule has 0 amide bonds. The van der Waals surface area contributed by atoms with Gasteiger partial charge in [-0.3, -0.25) is 0 Å². The van der Waals surface area contributed by atoms with Crippen molar-refractivity contribution in [1.29, 1.82) is 0 Å². The molecule has 0 aliphatic heterocycles. The number of thioether (sulfide) groups is 1. The van der Waals surface area contributed by atoms with E-state index in [1.54, 1.807) is 6.07 Å². The zero-order valence-corrected chi connectivity index (χ0v) is 12.6. The second-order valence-corrected chi connectivity index (χ2v) is 6.39. The van der Waals surface area contributed by atoms with E-state index >= 15 is 0 Å². The summed E-state index contributed by atoms with van der Waals surface area (Å²) >= 11 is 0.597. The van der Waals surface area contributed by atoms with Crippen LogP contribution in [0, 0.1) is 5.92 Å². The fraction of sp³-hybridized carbons (Fsp3) is 0.733. The molecule has 2 nitrogen and oxygen atoms in total. The summed E-state index contributed by atoms with van der Waals surface area (Å²) in [6.45, 7) is 1.69. The highest BCUT2D eigenvalue weighted by Crippen LogP contribution is 2.25. The number of rotatable bonds is 8. The summed E-state index contributed by atoms with van der Waals surface area (Å²) in [6, 6.07) is 3.66. The molecule has 1 fully saturated rings. The molecule has 0 aromatic carbocycles. The Labute approximate surface area is 123 Å². The average Bonchev–Trinajstić information content (AvgIpc) is 2.90. The molecule has 0 atom stereocenters. The predicted octanol–water partition coefficient (Wildman–Crippen LogP) is 4.80. The van der Waals surface area contributed by atoms with Gasteiger partial charge in [0.05, 0.1) is 12.3 Å². The highest BCUT2D eigenvalue weighted by atomic mass is 32.2. The van der Waals surface area contributed by atoms with Gasteiger partial charge in [0.15, 0.2) is 0 Å². The van der Waals surface area contributed by atoms with Crippen LogP contribution < -0.4 is 5.32 Å². The lowest BCUT2D eigenvalue weighted by atomic mass is 9.87. The monoisotopic (exact) mass is 303 g/mol. The van der Waals surface area contributed by atoms with Gasteiger partial charge in [-0.15, -0.1) is 0 Å². The lowest BCUT2D eigenvalue weighted by Crippen LogP contribution is -2.18. The fourth-order valence-corrected chi connectivity index (χ4v) is 3.18. The lowest BCUT2D eigenvalue weighted by molar-refractivity contribution is 0.251. The minimum atomic E-state index is -2.34. The van der Waals surface area contributed by atoms with Crippen molar-refractivity contribution in [3.63, 3.8) is 0 Å². The summed E-state index contributed by atoms with van der Waals surface area (Å²) in [4.78, 5) is 0. The molecule has 0 spiro atoms. The Hall–Kier alpha value is -0.550. The van der Waals surface area contributed by atoms with Crippen molar-refractivity contribution >= 4 is 11.8 Å². The maximum atomic E-state index is 12.1. The fourth-order valence-electron chi connectivity index (χ4n) is 2.73. The first-order valence-corrected chi connectivity index (χ1v) is 8.47.